The minimum atomic E-state index is -0.767. The molecule has 0 fully saturated rings. The Labute approximate surface area is 115 Å². The minimum Gasteiger partial charge on any atom is -0.453 e. The van der Waals surface area contributed by atoms with Crippen LogP contribution in [0.1, 0.15) is 28.9 Å². The van der Waals surface area contributed by atoms with Crippen LogP contribution in [0, 0.1) is 5.82 Å². The molecule has 1 atom stereocenters. The fraction of sp³-hybridized carbons (Fsp3) is 0.133. The summed E-state index contributed by atoms with van der Waals surface area (Å²) in [7, 11) is 0. The van der Waals surface area contributed by atoms with Crippen molar-refractivity contribution in [1.82, 2.24) is 0 Å². The highest BCUT2D eigenvalue weighted by molar-refractivity contribution is 5.95. The summed E-state index contributed by atoms with van der Waals surface area (Å²) in [5, 5.41) is 9.38. The van der Waals surface area contributed by atoms with Gasteiger partial charge in [-0.3, -0.25) is 4.79 Å². The number of aliphatic hydroxyl groups excluding tert-OH is 1. The summed E-state index contributed by atoms with van der Waals surface area (Å²) < 4.78 is 19.3. The molecule has 3 N–H and O–H groups in total. The summed E-state index contributed by atoms with van der Waals surface area (Å²) in [6.07, 6.45) is -0.767. The molecule has 5 heteroatoms. The first-order valence-electron chi connectivity index (χ1n) is 6.03. The van der Waals surface area contributed by atoms with Crippen molar-refractivity contribution in [2.24, 2.45) is 5.73 Å². The predicted octanol–water partition coefficient (Wildman–Crippen LogP) is 2.77. The molecule has 4 nitrogen and oxygen atoms in total. The van der Waals surface area contributed by atoms with E-state index in [0.29, 0.717) is 5.56 Å². The van der Waals surface area contributed by atoms with Crippen LogP contribution < -0.4 is 10.5 Å². The Morgan fingerprint density at radius 3 is 2.55 bits per heavy atom. The van der Waals surface area contributed by atoms with E-state index in [9.17, 15) is 14.3 Å². The maximum atomic E-state index is 13.9. The van der Waals surface area contributed by atoms with Gasteiger partial charge in [-0.15, -0.1) is 0 Å². The number of nitrogens with two attached hydrogens (primary N) is 1. The standard InChI is InChI=1S/C15H14FNO3/c1-9(18)10-6-7-14(12(16)8-10)20-13-5-3-2-4-11(13)15(17)19/h2-9,18H,1H3,(H2,17,19). The maximum Gasteiger partial charge on any atom is 0.252 e. The topological polar surface area (TPSA) is 72.6 Å². The number of primary amides is 1. The third-order valence-electron chi connectivity index (χ3n) is 2.81. The Morgan fingerprint density at radius 1 is 1.25 bits per heavy atom. The van der Waals surface area contributed by atoms with Crippen molar-refractivity contribution in [2.75, 3.05) is 0 Å². The molecule has 0 radical (unpaired) electrons. The molecular weight excluding hydrogens is 261 g/mol. The number of ether oxygens (including phenoxy) is 1. The third-order valence-corrected chi connectivity index (χ3v) is 2.81. The molecule has 0 saturated carbocycles. The second-order valence-corrected chi connectivity index (χ2v) is 4.33. The molecule has 0 aliphatic rings. The summed E-state index contributed by atoms with van der Waals surface area (Å²) in [5.74, 6) is -1.13. The van der Waals surface area contributed by atoms with Crippen LogP contribution in [-0.4, -0.2) is 11.0 Å². The highest BCUT2D eigenvalue weighted by Gasteiger charge is 2.13. The van der Waals surface area contributed by atoms with E-state index in [-0.39, 0.29) is 17.1 Å². The zero-order valence-electron chi connectivity index (χ0n) is 10.8. The molecule has 0 spiro atoms. The molecule has 0 aliphatic carbocycles. The lowest BCUT2D eigenvalue weighted by Crippen LogP contribution is -2.12. The van der Waals surface area contributed by atoms with Crippen LogP contribution in [0.15, 0.2) is 42.5 Å². The number of carbonyl (C=O) groups is 1. The van der Waals surface area contributed by atoms with Gasteiger partial charge in [0.2, 0.25) is 0 Å². The van der Waals surface area contributed by atoms with Gasteiger partial charge in [0.1, 0.15) is 5.75 Å². The van der Waals surface area contributed by atoms with Crippen molar-refractivity contribution in [1.29, 1.82) is 0 Å². The molecule has 2 rings (SSSR count). The smallest absolute Gasteiger partial charge is 0.252 e. The number of hydrogen-bond acceptors (Lipinski definition) is 3. The first-order valence-corrected chi connectivity index (χ1v) is 6.03. The van der Waals surface area contributed by atoms with E-state index in [1.807, 2.05) is 0 Å². The molecule has 0 heterocycles. The number of carbonyl (C=O) groups excluding carboxylic acids is 1. The van der Waals surface area contributed by atoms with Crippen LogP contribution in [0.2, 0.25) is 0 Å². The zero-order valence-corrected chi connectivity index (χ0v) is 10.8. The van der Waals surface area contributed by atoms with Gasteiger partial charge in [0.25, 0.3) is 5.91 Å². The fourth-order valence-electron chi connectivity index (χ4n) is 1.74. The van der Waals surface area contributed by atoms with Gasteiger partial charge in [-0.25, -0.2) is 4.39 Å². The average Bonchev–Trinajstić information content (AvgIpc) is 2.41. The number of hydrogen-bond donors (Lipinski definition) is 2. The van der Waals surface area contributed by atoms with E-state index in [2.05, 4.69) is 0 Å². The lowest BCUT2D eigenvalue weighted by molar-refractivity contribution is 0.0998. The Kier molecular flexibility index (Phi) is 4.00. The summed E-state index contributed by atoms with van der Waals surface area (Å²) in [6, 6.07) is 10.5. The summed E-state index contributed by atoms with van der Waals surface area (Å²) >= 11 is 0. The number of para-hydroxylation sites is 1. The van der Waals surface area contributed by atoms with Gasteiger partial charge in [0.15, 0.2) is 11.6 Å². The predicted molar refractivity (Wildman–Crippen MR) is 72.1 cm³/mol. The molecule has 2 aromatic carbocycles. The normalized spacial score (nSPS) is 11.9. The number of aliphatic hydroxyl groups is 1. The van der Waals surface area contributed by atoms with Crippen molar-refractivity contribution < 1.29 is 19.0 Å². The van der Waals surface area contributed by atoms with E-state index in [1.54, 1.807) is 18.2 Å². The Morgan fingerprint density at radius 2 is 1.95 bits per heavy atom. The quantitative estimate of drug-likeness (QED) is 0.901. The van der Waals surface area contributed by atoms with Crippen molar-refractivity contribution >= 4 is 5.91 Å². The maximum absolute atomic E-state index is 13.9. The van der Waals surface area contributed by atoms with Crippen LogP contribution in [0.5, 0.6) is 11.5 Å². The highest BCUT2D eigenvalue weighted by Crippen LogP contribution is 2.29. The molecule has 2 aromatic rings. The van der Waals surface area contributed by atoms with Gasteiger partial charge in [-0.1, -0.05) is 18.2 Å². The summed E-state index contributed by atoms with van der Waals surface area (Å²) in [4.78, 5) is 11.3. The third kappa shape index (κ3) is 2.95. The van der Waals surface area contributed by atoms with Gasteiger partial charge in [-0.05, 0) is 36.8 Å². The van der Waals surface area contributed by atoms with Crippen LogP contribution in [0.4, 0.5) is 4.39 Å². The average molecular weight is 275 g/mol. The van der Waals surface area contributed by atoms with Gasteiger partial charge in [-0.2, -0.15) is 0 Å². The molecule has 0 aliphatic heterocycles. The van der Waals surface area contributed by atoms with Gasteiger partial charge < -0.3 is 15.6 Å². The number of rotatable bonds is 4. The molecule has 20 heavy (non-hydrogen) atoms. The lowest BCUT2D eigenvalue weighted by Gasteiger charge is -2.11. The Balaban J connectivity index is 2.33. The molecule has 0 saturated heterocycles. The SMILES string of the molecule is CC(O)c1ccc(Oc2ccccc2C(N)=O)c(F)c1. The Bertz CT molecular complexity index is 641. The van der Waals surface area contributed by atoms with E-state index >= 15 is 0 Å². The van der Waals surface area contributed by atoms with Gasteiger partial charge >= 0.3 is 0 Å². The van der Waals surface area contributed by atoms with Crippen molar-refractivity contribution in [3.63, 3.8) is 0 Å². The monoisotopic (exact) mass is 275 g/mol. The lowest BCUT2D eigenvalue weighted by atomic mass is 10.1. The minimum absolute atomic E-state index is 0.0388. The highest BCUT2D eigenvalue weighted by atomic mass is 19.1. The molecule has 104 valence electrons. The fourth-order valence-corrected chi connectivity index (χ4v) is 1.74. The van der Waals surface area contributed by atoms with Crippen molar-refractivity contribution in [3.8, 4) is 11.5 Å². The summed E-state index contributed by atoms with van der Waals surface area (Å²) in [5.41, 5.74) is 5.84. The number of benzene rings is 2. The van der Waals surface area contributed by atoms with Crippen LogP contribution in [-0.2, 0) is 0 Å². The number of amides is 1. The van der Waals surface area contributed by atoms with Gasteiger partial charge in [0.05, 0.1) is 11.7 Å². The first-order chi connectivity index (χ1) is 9.49. The molecule has 1 unspecified atom stereocenters. The molecule has 1 amide bonds. The van der Waals surface area contributed by atoms with E-state index in [4.69, 9.17) is 10.5 Å². The van der Waals surface area contributed by atoms with E-state index < -0.39 is 17.8 Å². The Hall–Kier alpha value is -2.40. The molecule has 0 bridgehead atoms. The molecule has 0 aromatic heterocycles. The van der Waals surface area contributed by atoms with Crippen LogP contribution >= 0.6 is 0 Å². The van der Waals surface area contributed by atoms with Crippen molar-refractivity contribution in [3.05, 3.63) is 59.4 Å². The number of halogens is 1. The van der Waals surface area contributed by atoms with Crippen LogP contribution in [0.3, 0.4) is 0 Å². The van der Waals surface area contributed by atoms with E-state index in [1.165, 1.54) is 31.2 Å². The summed E-state index contributed by atoms with van der Waals surface area (Å²) in [6.45, 7) is 1.54. The van der Waals surface area contributed by atoms with Crippen LogP contribution in [0.25, 0.3) is 0 Å². The first kappa shape index (κ1) is 14.0. The van der Waals surface area contributed by atoms with Gasteiger partial charge in [0, 0.05) is 0 Å². The second kappa shape index (κ2) is 5.71. The van der Waals surface area contributed by atoms with Crippen molar-refractivity contribution in [2.45, 2.75) is 13.0 Å². The largest absolute Gasteiger partial charge is 0.453 e. The zero-order chi connectivity index (χ0) is 14.7. The molecular formula is C15H14FNO3. The van der Waals surface area contributed by atoms with E-state index in [0.717, 1.165) is 0 Å². The second-order valence-electron chi connectivity index (χ2n) is 4.33.